The monoisotopic (exact) mass is 421 g/mol. The van der Waals surface area contributed by atoms with Crippen molar-refractivity contribution in [3.63, 3.8) is 0 Å². The number of rotatable bonds is 6. The number of carbonyl (C=O) groups excluding carboxylic acids is 3. The SMILES string of the molecule is CCNC(=O)CN1CCCN(C(=O)c2ccccc2C(=O)c2ccc(C)c(C)c2)CC1. The Hall–Kier alpha value is -2.99. The van der Waals surface area contributed by atoms with Gasteiger partial charge < -0.3 is 10.2 Å². The van der Waals surface area contributed by atoms with Crippen LogP contribution in [0.15, 0.2) is 42.5 Å². The molecule has 1 heterocycles. The molecule has 6 nitrogen and oxygen atoms in total. The Labute approximate surface area is 184 Å². The molecule has 0 saturated carbocycles. The maximum atomic E-state index is 13.3. The van der Waals surface area contributed by atoms with Crippen LogP contribution in [0.3, 0.4) is 0 Å². The molecule has 31 heavy (non-hydrogen) atoms. The van der Waals surface area contributed by atoms with Gasteiger partial charge in [0.05, 0.1) is 12.1 Å². The minimum Gasteiger partial charge on any atom is -0.355 e. The number of nitrogens with zero attached hydrogens (tertiary/aromatic N) is 2. The third kappa shape index (κ3) is 5.58. The minimum atomic E-state index is -0.139. The van der Waals surface area contributed by atoms with E-state index in [-0.39, 0.29) is 17.6 Å². The van der Waals surface area contributed by atoms with Crippen LogP contribution < -0.4 is 5.32 Å². The quantitative estimate of drug-likeness (QED) is 0.729. The van der Waals surface area contributed by atoms with Crippen LogP contribution in [0.2, 0.25) is 0 Å². The van der Waals surface area contributed by atoms with E-state index < -0.39 is 0 Å². The molecule has 1 aliphatic rings. The van der Waals surface area contributed by atoms with Crippen LogP contribution in [0, 0.1) is 13.8 Å². The Bertz CT molecular complexity index is 970. The highest BCUT2D eigenvalue weighted by molar-refractivity contribution is 6.15. The Kier molecular flexibility index (Phi) is 7.58. The van der Waals surface area contributed by atoms with Gasteiger partial charge >= 0.3 is 0 Å². The third-order valence-electron chi connectivity index (χ3n) is 5.79. The lowest BCUT2D eigenvalue weighted by Crippen LogP contribution is -2.40. The first-order valence-corrected chi connectivity index (χ1v) is 10.9. The number of ketones is 1. The number of hydrogen-bond acceptors (Lipinski definition) is 4. The van der Waals surface area contributed by atoms with Crippen LogP contribution in [0.5, 0.6) is 0 Å². The number of aryl methyl sites for hydroxylation is 2. The van der Waals surface area contributed by atoms with E-state index in [9.17, 15) is 14.4 Å². The summed E-state index contributed by atoms with van der Waals surface area (Å²) in [4.78, 5) is 42.3. The van der Waals surface area contributed by atoms with Crippen LogP contribution in [0.1, 0.15) is 50.8 Å². The van der Waals surface area contributed by atoms with Crippen LogP contribution in [-0.4, -0.2) is 66.7 Å². The maximum absolute atomic E-state index is 13.3. The molecule has 6 heteroatoms. The van der Waals surface area contributed by atoms with E-state index in [0.29, 0.717) is 49.4 Å². The Morgan fingerprint density at radius 2 is 1.65 bits per heavy atom. The van der Waals surface area contributed by atoms with Gasteiger partial charge in [0.25, 0.3) is 5.91 Å². The predicted octanol–water partition coefficient (Wildman–Crippen LogP) is 2.82. The zero-order valence-corrected chi connectivity index (χ0v) is 18.6. The standard InChI is InChI=1S/C25H31N3O3/c1-4-26-23(29)17-27-12-7-13-28(15-14-27)25(31)22-9-6-5-8-21(22)24(30)20-11-10-18(2)19(3)16-20/h5-6,8-11,16H,4,7,12-15,17H2,1-3H3,(H,26,29). The molecular formula is C25H31N3O3. The van der Waals surface area contributed by atoms with Gasteiger partial charge in [-0.05, 0) is 50.5 Å². The number of amides is 2. The second-order valence-electron chi connectivity index (χ2n) is 8.05. The van der Waals surface area contributed by atoms with Gasteiger partial charge in [0.15, 0.2) is 5.78 Å². The van der Waals surface area contributed by atoms with Gasteiger partial charge in [-0.2, -0.15) is 0 Å². The zero-order chi connectivity index (χ0) is 22.4. The lowest BCUT2D eigenvalue weighted by atomic mass is 9.95. The number of carbonyl (C=O) groups is 3. The van der Waals surface area contributed by atoms with E-state index in [0.717, 1.165) is 24.1 Å². The highest BCUT2D eigenvalue weighted by Gasteiger charge is 2.25. The molecule has 3 rings (SSSR count). The molecule has 0 atom stereocenters. The molecule has 0 unspecified atom stereocenters. The molecule has 0 aliphatic carbocycles. The van der Waals surface area contributed by atoms with Crippen molar-refractivity contribution in [1.29, 1.82) is 0 Å². The molecule has 2 aromatic carbocycles. The second kappa shape index (κ2) is 10.4. The van der Waals surface area contributed by atoms with Crippen molar-refractivity contribution >= 4 is 17.6 Å². The van der Waals surface area contributed by atoms with Gasteiger partial charge in [0.1, 0.15) is 0 Å². The topological polar surface area (TPSA) is 69.7 Å². The summed E-state index contributed by atoms with van der Waals surface area (Å²) in [5.41, 5.74) is 3.63. The minimum absolute atomic E-state index is 0.00612. The first kappa shape index (κ1) is 22.7. The fourth-order valence-corrected chi connectivity index (χ4v) is 3.86. The lowest BCUT2D eigenvalue weighted by Gasteiger charge is -2.22. The summed E-state index contributed by atoms with van der Waals surface area (Å²) >= 11 is 0. The number of hydrogen-bond donors (Lipinski definition) is 1. The summed E-state index contributed by atoms with van der Waals surface area (Å²) in [6.07, 6.45) is 0.790. The van der Waals surface area contributed by atoms with Gasteiger partial charge in [-0.3, -0.25) is 19.3 Å². The van der Waals surface area contributed by atoms with Crippen molar-refractivity contribution in [1.82, 2.24) is 15.1 Å². The van der Waals surface area contributed by atoms with E-state index in [1.165, 1.54) is 0 Å². The smallest absolute Gasteiger partial charge is 0.254 e. The fourth-order valence-electron chi connectivity index (χ4n) is 3.86. The normalized spacial score (nSPS) is 14.7. The van der Waals surface area contributed by atoms with Crippen LogP contribution in [0.4, 0.5) is 0 Å². The Morgan fingerprint density at radius 3 is 2.35 bits per heavy atom. The maximum Gasteiger partial charge on any atom is 0.254 e. The predicted molar refractivity (Wildman–Crippen MR) is 121 cm³/mol. The average Bonchev–Trinajstić information content (AvgIpc) is 3.00. The first-order chi connectivity index (χ1) is 14.9. The molecule has 1 saturated heterocycles. The number of nitrogens with one attached hydrogen (secondary N) is 1. The molecule has 0 spiro atoms. The van der Waals surface area contributed by atoms with Crippen molar-refractivity contribution in [2.24, 2.45) is 0 Å². The first-order valence-electron chi connectivity index (χ1n) is 10.9. The van der Waals surface area contributed by atoms with Crippen LogP contribution in [0.25, 0.3) is 0 Å². The van der Waals surface area contributed by atoms with Gasteiger partial charge in [-0.15, -0.1) is 0 Å². The zero-order valence-electron chi connectivity index (χ0n) is 18.6. The molecule has 1 N–H and O–H groups in total. The van der Waals surface area contributed by atoms with Crippen LogP contribution >= 0.6 is 0 Å². The van der Waals surface area contributed by atoms with Gasteiger partial charge in [-0.25, -0.2) is 0 Å². The summed E-state index contributed by atoms with van der Waals surface area (Å²) < 4.78 is 0. The molecule has 2 aromatic rings. The summed E-state index contributed by atoms with van der Waals surface area (Å²) in [5, 5.41) is 2.82. The summed E-state index contributed by atoms with van der Waals surface area (Å²) in [6.45, 7) is 9.39. The Morgan fingerprint density at radius 1 is 0.903 bits per heavy atom. The van der Waals surface area contributed by atoms with Crippen molar-refractivity contribution in [3.8, 4) is 0 Å². The molecule has 2 amide bonds. The van der Waals surface area contributed by atoms with Crippen LogP contribution in [-0.2, 0) is 4.79 Å². The largest absolute Gasteiger partial charge is 0.355 e. The van der Waals surface area contributed by atoms with E-state index in [2.05, 4.69) is 10.2 Å². The molecule has 1 fully saturated rings. The summed E-state index contributed by atoms with van der Waals surface area (Å²) in [6, 6.07) is 12.7. The molecule has 0 bridgehead atoms. The highest BCUT2D eigenvalue weighted by Crippen LogP contribution is 2.19. The Balaban J connectivity index is 1.76. The highest BCUT2D eigenvalue weighted by atomic mass is 16.2. The number of benzene rings is 2. The summed E-state index contributed by atoms with van der Waals surface area (Å²) in [7, 11) is 0. The molecule has 1 aliphatic heterocycles. The van der Waals surface area contributed by atoms with Gasteiger partial charge in [0, 0.05) is 43.9 Å². The lowest BCUT2D eigenvalue weighted by molar-refractivity contribution is -0.122. The van der Waals surface area contributed by atoms with Crippen molar-refractivity contribution in [2.45, 2.75) is 27.2 Å². The molecule has 164 valence electrons. The molecular weight excluding hydrogens is 390 g/mol. The summed E-state index contributed by atoms with van der Waals surface area (Å²) in [5.74, 6) is -0.265. The van der Waals surface area contributed by atoms with Crippen molar-refractivity contribution in [2.75, 3.05) is 39.3 Å². The molecule has 0 radical (unpaired) electrons. The van der Waals surface area contributed by atoms with Crippen molar-refractivity contribution < 1.29 is 14.4 Å². The van der Waals surface area contributed by atoms with E-state index >= 15 is 0 Å². The van der Waals surface area contributed by atoms with E-state index in [1.807, 2.05) is 39.0 Å². The van der Waals surface area contributed by atoms with E-state index in [4.69, 9.17) is 0 Å². The average molecular weight is 422 g/mol. The second-order valence-corrected chi connectivity index (χ2v) is 8.05. The third-order valence-corrected chi connectivity index (χ3v) is 5.79. The van der Waals surface area contributed by atoms with E-state index in [1.54, 1.807) is 29.2 Å². The fraction of sp³-hybridized carbons (Fsp3) is 0.400. The van der Waals surface area contributed by atoms with Crippen molar-refractivity contribution in [3.05, 3.63) is 70.3 Å². The van der Waals surface area contributed by atoms with Gasteiger partial charge in [-0.1, -0.05) is 30.3 Å². The number of likely N-dealkylation sites (N-methyl/N-ethyl adjacent to an activating group) is 1. The van der Waals surface area contributed by atoms with Gasteiger partial charge in [0.2, 0.25) is 5.91 Å². The molecule has 0 aromatic heterocycles.